The van der Waals surface area contributed by atoms with Gasteiger partial charge in [0.25, 0.3) is 0 Å². The molecule has 1 aliphatic carbocycles. The van der Waals surface area contributed by atoms with E-state index < -0.39 is 0 Å². The lowest BCUT2D eigenvalue weighted by atomic mass is 10.0. The Morgan fingerprint density at radius 1 is 1.18 bits per heavy atom. The maximum Gasteiger partial charge on any atom is 0.0377 e. The first kappa shape index (κ1) is 10.3. The number of nitrogen functional groups attached to an aromatic ring is 1. The van der Waals surface area contributed by atoms with Gasteiger partial charge < -0.3 is 5.73 Å². The second-order valence-electron chi connectivity index (χ2n) is 4.79. The molecule has 0 radical (unpaired) electrons. The fraction of sp³-hybridized carbons (Fsp3) is 0.267. The first-order valence-electron chi connectivity index (χ1n) is 6.08. The molecule has 2 atom stereocenters. The molecule has 0 saturated heterocycles. The van der Waals surface area contributed by atoms with Gasteiger partial charge in [0.15, 0.2) is 0 Å². The minimum absolute atomic E-state index is 0.718. The SMILES string of the molecule is Nc1ccncc1CC1CC1c1ccccc1. The minimum Gasteiger partial charge on any atom is -0.398 e. The number of benzene rings is 1. The second-order valence-corrected chi connectivity index (χ2v) is 4.79. The van der Waals surface area contributed by atoms with Gasteiger partial charge in [-0.05, 0) is 41.9 Å². The number of hydrogen-bond donors (Lipinski definition) is 1. The van der Waals surface area contributed by atoms with Crippen LogP contribution in [0.4, 0.5) is 5.69 Å². The van der Waals surface area contributed by atoms with E-state index in [1.165, 1.54) is 17.5 Å². The summed E-state index contributed by atoms with van der Waals surface area (Å²) in [6.07, 6.45) is 5.98. The summed E-state index contributed by atoms with van der Waals surface area (Å²) in [5, 5.41) is 0. The fourth-order valence-electron chi connectivity index (χ4n) is 2.47. The highest BCUT2D eigenvalue weighted by Crippen LogP contribution is 2.49. The van der Waals surface area contributed by atoms with E-state index in [2.05, 4.69) is 35.3 Å². The lowest BCUT2D eigenvalue weighted by Gasteiger charge is -2.04. The molecule has 2 N–H and O–H groups in total. The predicted molar refractivity (Wildman–Crippen MR) is 69.6 cm³/mol. The van der Waals surface area contributed by atoms with Gasteiger partial charge in [0.1, 0.15) is 0 Å². The minimum atomic E-state index is 0.718. The number of anilines is 1. The largest absolute Gasteiger partial charge is 0.398 e. The van der Waals surface area contributed by atoms with Crippen LogP contribution >= 0.6 is 0 Å². The molecular weight excluding hydrogens is 208 g/mol. The van der Waals surface area contributed by atoms with Crippen molar-refractivity contribution in [2.24, 2.45) is 5.92 Å². The Kier molecular flexibility index (Phi) is 2.56. The molecule has 17 heavy (non-hydrogen) atoms. The average Bonchev–Trinajstić information content (AvgIpc) is 3.13. The summed E-state index contributed by atoms with van der Waals surface area (Å²) in [6, 6.07) is 12.6. The van der Waals surface area contributed by atoms with Crippen molar-refractivity contribution in [2.75, 3.05) is 5.73 Å². The van der Waals surface area contributed by atoms with Crippen LogP contribution in [0.25, 0.3) is 0 Å². The molecule has 1 heterocycles. The van der Waals surface area contributed by atoms with E-state index in [1.807, 2.05) is 12.3 Å². The molecule has 0 spiro atoms. The highest BCUT2D eigenvalue weighted by molar-refractivity contribution is 5.45. The van der Waals surface area contributed by atoms with Crippen LogP contribution in [-0.2, 0) is 6.42 Å². The van der Waals surface area contributed by atoms with Gasteiger partial charge in [-0.2, -0.15) is 0 Å². The number of nitrogens with zero attached hydrogens (tertiary/aromatic N) is 1. The molecule has 86 valence electrons. The van der Waals surface area contributed by atoms with Crippen molar-refractivity contribution in [1.82, 2.24) is 4.98 Å². The molecule has 2 heteroatoms. The van der Waals surface area contributed by atoms with Crippen molar-refractivity contribution in [1.29, 1.82) is 0 Å². The Balaban J connectivity index is 1.69. The average molecular weight is 224 g/mol. The summed E-state index contributed by atoms with van der Waals surface area (Å²) >= 11 is 0. The summed E-state index contributed by atoms with van der Waals surface area (Å²) in [5.74, 6) is 1.46. The van der Waals surface area contributed by atoms with Crippen LogP contribution in [0, 0.1) is 5.92 Å². The van der Waals surface area contributed by atoms with Crippen LogP contribution in [0.2, 0.25) is 0 Å². The Morgan fingerprint density at radius 3 is 2.76 bits per heavy atom. The molecule has 1 aromatic heterocycles. The second kappa shape index (κ2) is 4.21. The van der Waals surface area contributed by atoms with E-state index in [0.717, 1.165) is 23.9 Å². The van der Waals surface area contributed by atoms with E-state index in [0.29, 0.717) is 0 Å². The number of aromatic nitrogens is 1. The van der Waals surface area contributed by atoms with E-state index in [4.69, 9.17) is 5.73 Å². The number of pyridine rings is 1. The highest BCUT2D eigenvalue weighted by Gasteiger charge is 2.38. The molecule has 0 aliphatic heterocycles. The number of rotatable bonds is 3. The van der Waals surface area contributed by atoms with E-state index in [1.54, 1.807) is 6.20 Å². The monoisotopic (exact) mass is 224 g/mol. The predicted octanol–water partition coefficient (Wildman–Crippen LogP) is 3.01. The third kappa shape index (κ3) is 2.16. The Bertz CT molecular complexity index is 507. The third-order valence-electron chi connectivity index (χ3n) is 3.57. The van der Waals surface area contributed by atoms with Crippen molar-refractivity contribution >= 4 is 5.69 Å². The quantitative estimate of drug-likeness (QED) is 0.870. The fourth-order valence-corrected chi connectivity index (χ4v) is 2.47. The van der Waals surface area contributed by atoms with Crippen molar-refractivity contribution in [3.63, 3.8) is 0 Å². The molecule has 0 bridgehead atoms. The van der Waals surface area contributed by atoms with Crippen LogP contribution in [0.3, 0.4) is 0 Å². The maximum atomic E-state index is 5.94. The molecular formula is C15H16N2. The zero-order valence-electron chi connectivity index (χ0n) is 9.71. The molecule has 1 aliphatic rings. The molecule has 2 nitrogen and oxygen atoms in total. The molecule has 3 rings (SSSR count). The van der Waals surface area contributed by atoms with Gasteiger partial charge in [-0.3, -0.25) is 4.98 Å². The Labute approximate surface area is 102 Å². The van der Waals surface area contributed by atoms with Gasteiger partial charge in [0.05, 0.1) is 0 Å². The summed E-state index contributed by atoms with van der Waals surface area (Å²) < 4.78 is 0. The van der Waals surface area contributed by atoms with Gasteiger partial charge in [-0.1, -0.05) is 30.3 Å². The van der Waals surface area contributed by atoms with Crippen molar-refractivity contribution in [3.05, 3.63) is 59.9 Å². The standard InChI is InChI=1S/C15H16N2/c16-15-6-7-17-10-13(15)8-12-9-14(12)11-4-2-1-3-5-11/h1-7,10,12,14H,8-9H2,(H2,16,17). The van der Waals surface area contributed by atoms with Crippen LogP contribution < -0.4 is 5.73 Å². The van der Waals surface area contributed by atoms with Gasteiger partial charge >= 0.3 is 0 Å². The van der Waals surface area contributed by atoms with Crippen LogP contribution in [0.5, 0.6) is 0 Å². The Morgan fingerprint density at radius 2 is 2.00 bits per heavy atom. The van der Waals surface area contributed by atoms with Crippen molar-refractivity contribution < 1.29 is 0 Å². The summed E-state index contributed by atoms with van der Waals surface area (Å²) in [6.45, 7) is 0. The molecule has 1 saturated carbocycles. The van der Waals surface area contributed by atoms with Gasteiger partial charge in [0, 0.05) is 18.1 Å². The molecule has 2 unspecified atom stereocenters. The highest BCUT2D eigenvalue weighted by atomic mass is 14.7. The smallest absolute Gasteiger partial charge is 0.0377 e. The normalized spacial score (nSPS) is 22.4. The zero-order chi connectivity index (χ0) is 11.7. The van der Waals surface area contributed by atoms with Crippen LogP contribution in [0.1, 0.15) is 23.5 Å². The van der Waals surface area contributed by atoms with Gasteiger partial charge in [-0.15, -0.1) is 0 Å². The lowest BCUT2D eigenvalue weighted by Crippen LogP contribution is -1.97. The number of hydrogen-bond acceptors (Lipinski definition) is 2. The Hall–Kier alpha value is -1.83. The third-order valence-corrected chi connectivity index (χ3v) is 3.57. The van der Waals surface area contributed by atoms with E-state index in [-0.39, 0.29) is 0 Å². The van der Waals surface area contributed by atoms with Gasteiger partial charge in [0.2, 0.25) is 0 Å². The van der Waals surface area contributed by atoms with E-state index in [9.17, 15) is 0 Å². The van der Waals surface area contributed by atoms with Crippen molar-refractivity contribution in [3.8, 4) is 0 Å². The summed E-state index contributed by atoms with van der Waals surface area (Å²) in [5.41, 5.74) is 9.46. The molecule has 1 aromatic carbocycles. The zero-order valence-corrected chi connectivity index (χ0v) is 9.71. The molecule has 2 aromatic rings. The summed E-state index contributed by atoms with van der Waals surface area (Å²) in [7, 11) is 0. The topological polar surface area (TPSA) is 38.9 Å². The maximum absolute atomic E-state index is 5.94. The molecule has 0 amide bonds. The number of nitrogens with two attached hydrogens (primary N) is 1. The van der Waals surface area contributed by atoms with Crippen LogP contribution in [-0.4, -0.2) is 4.98 Å². The summed E-state index contributed by atoms with van der Waals surface area (Å²) in [4.78, 5) is 4.14. The van der Waals surface area contributed by atoms with Crippen LogP contribution in [0.15, 0.2) is 48.8 Å². The van der Waals surface area contributed by atoms with Crippen molar-refractivity contribution in [2.45, 2.75) is 18.8 Å². The first-order chi connectivity index (χ1) is 8.34. The van der Waals surface area contributed by atoms with E-state index >= 15 is 0 Å². The lowest BCUT2D eigenvalue weighted by molar-refractivity contribution is 0.793. The van der Waals surface area contributed by atoms with Gasteiger partial charge in [-0.25, -0.2) is 0 Å². The first-order valence-corrected chi connectivity index (χ1v) is 6.08. The molecule has 1 fully saturated rings.